The van der Waals surface area contributed by atoms with Crippen molar-refractivity contribution in [1.82, 2.24) is 4.90 Å². The maximum atomic E-state index is 12.6. The third-order valence-electron chi connectivity index (χ3n) is 7.37. The first-order valence-electron chi connectivity index (χ1n) is 14.4. The molecule has 0 N–H and O–H groups in total. The van der Waals surface area contributed by atoms with Crippen LogP contribution in [0.15, 0.2) is 103 Å². The van der Waals surface area contributed by atoms with E-state index in [4.69, 9.17) is 0 Å². The first-order chi connectivity index (χ1) is 20.7. The largest absolute Gasteiger partial charge is 4.00 e. The molecule has 0 amide bonds. The fraction of sp³-hybridized carbons (Fsp3) is 0.211. The van der Waals surface area contributed by atoms with E-state index in [9.17, 15) is 20.4 Å². The Balaban J connectivity index is 0.000000240. The van der Waals surface area contributed by atoms with E-state index in [-0.39, 0.29) is 45.6 Å². The quantitative estimate of drug-likeness (QED) is 0.213. The van der Waals surface area contributed by atoms with Crippen molar-refractivity contribution in [3.8, 4) is 39.5 Å². The van der Waals surface area contributed by atoms with Gasteiger partial charge in [-0.1, -0.05) is 131 Å². The Kier molecular flexibility index (Phi) is 12.8. The monoisotopic (exact) mass is 619 g/mol. The van der Waals surface area contributed by atoms with Crippen molar-refractivity contribution < 1.29 is 42.1 Å². The van der Waals surface area contributed by atoms with Gasteiger partial charge in [-0.25, -0.2) is 0 Å². The Morgan fingerprint density at radius 2 is 0.932 bits per heavy atom. The Hall–Kier alpha value is -3.87. The molecule has 44 heavy (non-hydrogen) atoms. The van der Waals surface area contributed by atoms with Crippen LogP contribution < -0.4 is 20.4 Å². The first kappa shape index (κ1) is 34.6. The van der Waals surface area contributed by atoms with E-state index < -0.39 is 0 Å². The summed E-state index contributed by atoms with van der Waals surface area (Å²) in [6.45, 7) is 8.32. The molecule has 0 aliphatic rings. The molecule has 0 aromatic heterocycles. The molecule has 0 bridgehead atoms. The van der Waals surface area contributed by atoms with Crippen molar-refractivity contribution >= 4 is 0 Å². The molecule has 5 rings (SSSR count). The van der Waals surface area contributed by atoms with Gasteiger partial charge in [0.25, 0.3) is 0 Å². The van der Waals surface area contributed by atoms with Crippen LogP contribution in [-0.2, 0) is 34.8 Å². The first-order valence-corrected chi connectivity index (χ1v) is 14.4. The predicted octanol–water partition coefficient (Wildman–Crippen LogP) is 5.52. The van der Waals surface area contributed by atoms with Gasteiger partial charge >= 0.3 is 21.7 Å². The van der Waals surface area contributed by atoms with Gasteiger partial charge in [0.2, 0.25) is 0 Å². The molecule has 0 aliphatic carbocycles. The molecule has 0 unspecified atom stereocenters. The van der Waals surface area contributed by atoms with Crippen molar-refractivity contribution in [3.05, 3.63) is 137 Å². The van der Waals surface area contributed by atoms with Crippen LogP contribution in [-0.4, -0.2) is 18.1 Å². The number of rotatable bonds is 8. The summed E-state index contributed by atoms with van der Waals surface area (Å²) in [7, 11) is 0. The van der Waals surface area contributed by atoms with Crippen LogP contribution in [0.2, 0.25) is 0 Å². The molecule has 0 radical (unpaired) electrons. The summed E-state index contributed by atoms with van der Waals surface area (Å²) in [6.07, 6.45) is 0. The van der Waals surface area contributed by atoms with Crippen LogP contribution in [0.4, 0.5) is 0 Å². The summed E-state index contributed by atoms with van der Waals surface area (Å²) in [6, 6.07) is 32.7. The fourth-order valence-electron chi connectivity index (χ4n) is 5.37. The topological polar surface area (TPSA) is 95.5 Å². The molecule has 0 aliphatic heterocycles. The number of benzene rings is 5. The number of hydrogen-bond donors (Lipinski definition) is 0. The summed E-state index contributed by atoms with van der Waals surface area (Å²) in [5.41, 5.74) is 8.26. The summed E-state index contributed by atoms with van der Waals surface area (Å²) in [4.78, 5) is 1.89. The van der Waals surface area contributed by atoms with Crippen molar-refractivity contribution in [2.45, 2.75) is 40.8 Å². The molecule has 6 heteroatoms. The van der Waals surface area contributed by atoms with Gasteiger partial charge in [-0.3, -0.25) is 4.90 Å². The molecular formula is C38H37NO4Ti. The van der Waals surface area contributed by atoms with E-state index in [2.05, 4.69) is 0 Å². The summed E-state index contributed by atoms with van der Waals surface area (Å²) in [5, 5.41) is 48.4. The minimum Gasteiger partial charge on any atom is -0.872 e. The van der Waals surface area contributed by atoms with Gasteiger partial charge in [-0.15, -0.1) is 18.1 Å². The second kappa shape index (κ2) is 16.3. The Labute approximate surface area is 276 Å². The van der Waals surface area contributed by atoms with E-state index in [1.54, 1.807) is 13.8 Å². The van der Waals surface area contributed by atoms with E-state index in [1.807, 2.05) is 122 Å². The van der Waals surface area contributed by atoms with Crippen molar-refractivity contribution in [2.24, 2.45) is 0 Å². The van der Waals surface area contributed by atoms with Crippen LogP contribution in [0.1, 0.15) is 33.4 Å². The molecule has 5 aromatic rings. The average Bonchev–Trinajstić information content (AvgIpc) is 2.99. The second-order valence-corrected chi connectivity index (χ2v) is 11.0. The molecule has 0 saturated carbocycles. The SMILES string of the molecule is Cc1cc(C)c([O-])c(CN(CC[O-])Cc2cc(C)cc(C)c2[O-])c1.[O-]c1c(-c2ccccc2)cccc1-c1ccccc1.[Ti+4]. The number of nitrogens with zero attached hydrogens (tertiary/aromatic N) is 1. The smallest absolute Gasteiger partial charge is 0.872 e. The normalized spacial score (nSPS) is 10.6. The van der Waals surface area contributed by atoms with Crippen LogP contribution in [0.25, 0.3) is 22.3 Å². The third-order valence-corrected chi connectivity index (χ3v) is 7.37. The maximum Gasteiger partial charge on any atom is 4.00 e. The van der Waals surface area contributed by atoms with E-state index in [0.717, 1.165) is 33.4 Å². The minimum atomic E-state index is -0.266. The maximum absolute atomic E-state index is 12.6. The van der Waals surface area contributed by atoms with E-state index >= 15 is 0 Å². The molecule has 5 aromatic carbocycles. The van der Waals surface area contributed by atoms with Crippen LogP contribution >= 0.6 is 0 Å². The van der Waals surface area contributed by atoms with Crippen LogP contribution in [0.3, 0.4) is 0 Å². The molecule has 0 atom stereocenters. The zero-order valence-electron chi connectivity index (χ0n) is 25.7. The zero-order chi connectivity index (χ0) is 30.9. The summed E-state index contributed by atoms with van der Waals surface area (Å²) >= 11 is 0. The van der Waals surface area contributed by atoms with Gasteiger partial charge in [-0.2, -0.15) is 0 Å². The van der Waals surface area contributed by atoms with Crippen molar-refractivity contribution in [2.75, 3.05) is 13.2 Å². The molecule has 0 fully saturated rings. The van der Waals surface area contributed by atoms with Crippen LogP contribution in [0, 0.1) is 27.7 Å². The number of para-hydroxylation sites is 1. The average molecular weight is 620 g/mol. The second-order valence-electron chi connectivity index (χ2n) is 11.0. The summed E-state index contributed by atoms with van der Waals surface area (Å²) in [5.74, 6) is 0.110. The van der Waals surface area contributed by atoms with Crippen molar-refractivity contribution in [3.63, 3.8) is 0 Å². The van der Waals surface area contributed by atoms with Gasteiger partial charge in [0.15, 0.2) is 0 Å². The molecule has 0 heterocycles. The van der Waals surface area contributed by atoms with Gasteiger partial charge in [-0.05, 0) is 67.6 Å². The van der Waals surface area contributed by atoms with Gasteiger partial charge in [0, 0.05) is 13.1 Å². The molecular weight excluding hydrogens is 582 g/mol. The Bertz CT molecular complexity index is 1540. The molecule has 0 saturated heterocycles. The zero-order valence-corrected chi connectivity index (χ0v) is 27.3. The van der Waals surface area contributed by atoms with E-state index in [1.165, 1.54) is 0 Å². The fourth-order valence-corrected chi connectivity index (χ4v) is 5.37. The number of aryl methyl sites for hydroxylation is 4. The molecule has 0 spiro atoms. The van der Waals surface area contributed by atoms with Crippen molar-refractivity contribution in [1.29, 1.82) is 0 Å². The Morgan fingerprint density at radius 3 is 1.32 bits per heavy atom. The third kappa shape index (κ3) is 8.84. The van der Waals surface area contributed by atoms with E-state index in [0.29, 0.717) is 41.9 Å². The van der Waals surface area contributed by atoms with Gasteiger partial charge in [0.1, 0.15) is 0 Å². The van der Waals surface area contributed by atoms with Gasteiger partial charge in [0.05, 0.1) is 0 Å². The van der Waals surface area contributed by atoms with Gasteiger partial charge < -0.3 is 20.4 Å². The number of hydrogen-bond acceptors (Lipinski definition) is 5. The predicted molar refractivity (Wildman–Crippen MR) is 166 cm³/mol. The Morgan fingerprint density at radius 1 is 0.523 bits per heavy atom. The molecule has 222 valence electrons. The summed E-state index contributed by atoms with van der Waals surface area (Å²) < 4.78 is 0. The minimum absolute atomic E-state index is 0. The standard InChI is InChI=1S/C20H26NO3.C18H14O.Ti/c1-13-7-15(3)19(23)17(9-13)11-21(5-6-22)12-18-10-14(2)8-16(4)20(18)24;19-18-16(14-8-3-1-4-9-14)12-7-13-17(18)15-10-5-2-6-11-15;/h7-10,23-24H,5-6,11-12H2,1-4H3;1-13,19H;/q-1;;+4/p-3. The van der Waals surface area contributed by atoms with Crippen LogP contribution in [0.5, 0.6) is 17.2 Å². The molecule has 5 nitrogen and oxygen atoms in total.